The first kappa shape index (κ1) is 16.5. The van der Waals surface area contributed by atoms with Gasteiger partial charge >= 0.3 is 0 Å². The summed E-state index contributed by atoms with van der Waals surface area (Å²) in [6.45, 7) is 4.84. The van der Waals surface area contributed by atoms with Crippen molar-refractivity contribution in [2.24, 2.45) is 5.73 Å². The SMILES string of the molecule is CCCCCCC(C)OC(CN)c1cccc(Cl)c1. The van der Waals surface area contributed by atoms with E-state index in [1.807, 2.05) is 24.3 Å². The van der Waals surface area contributed by atoms with Crippen LogP contribution in [-0.2, 0) is 4.74 Å². The molecule has 0 amide bonds. The van der Waals surface area contributed by atoms with E-state index in [1.54, 1.807) is 0 Å². The molecule has 0 saturated heterocycles. The predicted octanol–water partition coefficient (Wildman–Crippen LogP) is 4.72. The van der Waals surface area contributed by atoms with Crippen LogP contribution in [0, 0.1) is 0 Å². The molecule has 3 heteroatoms. The zero-order valence-electron chi connectivity index (χ0n) is 12.1. The lowest BCUT2D eigenvalue weighted by molar-refractivity contribution is -0.00373. The number of ether oxygens (including phenoxy) is 1. The normalized spacial score (nSPS) is 14.3. The third-order valence-corrected chi connectivity index (χ3v) is 3.53. The summed E-state index contributed by atoms with van der Waals surface area (Å²) in [5, 5.41) is 0.732. The Morgan fingerprint density at radius 3 is 2.68 bits per heavy atom. The molecule has 0 saturated carbocycles. The van der Waals surface area contributed by atoms with Gasteiger partial charge in [0.15, 0.2) is 0 Å². The first-order valence-electron chi connectivity index (χ1n) is 7.28. The minimum absolute atomic E-state index is 0.0557. The molecule has 0 bridgehead atoms. The highest BCUT2D eigenvalue weighted by atomic mass is 35.5. The second kappa shape index (κ2) is 9.35. The largest absolute Gasteiger partial charge is 0.369 e. The van der Waals surface area contributed by atoms with Crippen molar-refractivity contribution in [1.82, 2.24) is 0 Å². The smallest absolute Gasteiger partial charge is 0.0951 e. The average Bonchev–Trinajstić information content (AvgIpc) is 2.41. The fraction of sp³-hybridized carbons (Fsp3) is 0.625. The Kier molecular flexibility index (Phi) is 8.11. The van der Waals surface area contributed by atoms with E-state index in [4.69, 9.17) is 22.1 Å². The molecule has 2 N–H and O–H groups in total. The van der Waals surface area contributed by atoms with Crippen molar-refractivity contribution in [2.75, 3.05) is 6.54 Å². The van der Waals surface area contributed by atoms with E-state index in [1.165, 1.54) is 25.7 Å². The maximum absolute atomic E-state index is 6.04. The Morgan fingerprint density at radius 1 is 1.26 bits per heavy atom. The molecule has 19 heavy (non-hydrogen) atoms. The van der Waals surface area contributed by atoms with Gasteiger partial charge in [-0.3, -0.25) is 0 Å². The summed E-state index contributed by atoms with van der Waals surface area (Å²) in [5.74, 6) is 0. The van der Waals surface area contributed by atoms with Crippen LogP contribution in [0.4, 0.5) is 0 Å². The van der Waals surface area contributed by atoms with Crippen LogP contribution in [0.1, 0.15) is 57.6 Å². The van der Waals surface area contributed by atoms with Gasteiger partial charge < -0.3 is 10.5 Å². The maximum Gasteiger partial charge on any atom is 0.0951 e. The lowest BCUT2D eigenvalue weighted by Gasteiger charge is -2.22. The Hall–Kier alpha value is -0.570. The van der Waals surface area contributed by atoms with E-state index in [0.717, 1.165) is 17.0 Å². The molecule has 0 aliphatic carbocycles. The van der Waals surface area contributed by atoms with E-state index < -0.39 is 0 Å². The van der Waals surface area contributed by atoms with E-state index in [9.17, 15) is 0 Å². The molecular weight excluding hydrogens is 258 g/mol. The van der Waals surface area contributed by atoms with Gasteiger partial charge in [0.2, 0.25) is 0 Å². The highest BCUT2D eigenvalue weighted by molar-refractivity contribution is 6.30. The standard InChI is InChI=1S/C16H26ClNO/c1-3-4-5-6-8-13(2)19-16(12-18)14-9-7-10-15(17)11-14/h7,9-11,13,16H,3-6,8,12,18H2,1-2H3. The Bertz CT molecular complexity index is 356. The van der Waals surface area contributed by atoms with Crippen LogP contribution in [0.15, 0.2) is 24.3 Å². The van der Waals surface area contributed by atoms with Gasteiger partial charge in [-0.2, -0.15) is 0 Å². The number of unbranched alkanes of at least 4 members (excludes halogenated alkanes) is 3. The summed E-state index contributed by atoms with van der Waals surface area (Å²) < 4.78 is 6.04. The minimum atomic E-state index is -0.0557. The van der Waals surface area contributed by atoms with Crippen molar-refractivity contribution in [3.63, 3.8) is 0 Å². The van der Waals surface area contributed by atoms with Crippen molar-refractivity contribution in [3.05, 3.63) is 34.9 Å². The second-order valence-electron chi connectivity index (χ2n) is 5.08. The fourth-order valence-corrected chi connectivity index (χ4v) is 2.38. The molecule has 0 aliphatic heterocycles. The number of halogens is 1. The highest BCUT2D eigenvalue weighted by Crippen LogP contribution is 2.22. The number of hydrogen-bond donors (Lipinski definition) is 1. The van der Waals surface area contributed by atoms with Crippen LogP contribution in [0.5, 0.6) is 0 Å². The summed E-state index contributed by atoms with van der Waals surface area (Å²) in [6, 6.07) is 7.76. The first-order chi connectivity index (χ1) is 9.17. The molecule has 1 rings (SSSR count). The van der Waals surface area contributed by atoms with Crippen molar-refractivity contribution < 1.29 is 4.74 Å². The fourth-order valence-electron chi connectivity index (χ4n) is 2.18. The van der Waals surface area contributed by atoms with Crippen LogP contribution >= 0.6 is 11.6 Å². The third-order valence-electron chi connectivity index (χ3n) is 3.30. The van der Waals surface area contributed by atoms with Crippen molar-refractivity contribution in [1.29, 1.82) is 0 Å². The van der Waals surface area contributed by atoms with Crippen LogP contribution < -0.4 is 5.73 Å². The Balaban J connectivity index is 2.43. The molecule has 2 nitrogen and oxygen atoms in total. The minimum Gasteiger partial charge on any atom is -0.369 e. The highest BCUT2D eigenvalue weighted by Gasteiger charge is 2.14. The van der Waals surface area contributed by atoms with E-state index in [-0.39, 0.29) is 12.2 Å². The molecule has 1 aromatic rings. The second-order valence-corrected chi connectivity index (χ2v) is 5.51. The zero-order chi connectivity index (χ0) is 14.1. The monoisotopic (exact) mass is 283 g/mol. The summed E-state index contributed by atoms with van der Waals surface area (Å²) >= 11 is 6.00. The van der Waals surface area contributed by atoms with Gasteiger partial charge in [-0.15, -0.1) is 0 Å². The van der Waals surface area contributed by atoms with Crippen molar-refractivity contribution >= 4 is 11.6 Å². The van der Waals surface area contributed by atoms with Crippen molar-refractivity contribution in [3.8, 4) is 0 Å². The summed E-state index contributed by atoms with van der Waals surface area (Å²) in [4.78, 5) is 0. The van der Waals surface area contributed by atoms with Crippen LogP contribution in [0.3, 0.4) is 0 Å². The molecule has 0 aliphatic rings. The van der Waals surface area contributed by atoms with Gasteiger partial charge in [0, 0.05) is 11.6 Å². The number of nitrogens with two attached hydrogens (primary N) is 1. The molecule has 0 spiro atoms. The summed E-state index contributed by atoms with van der Waals surface area (Å²) in [6.07, 6.45) is 6.36. The van der Waals surface area contributed by atoms with Gasteiger partial charge in [-0.25, -0.2) is 0 Å². The molecule has 2 atom stereocenters. The predicted molar refractivity (Wildman–Crippen MR) is 82.6 cm³/mol. The van der Waals surface area contributed by atoms with Gasteiger partial charge in [-0.1, -0.05) is 56.3 Å². The van der Waals surface area contributed by atoms with Gasteiger partial charge in [-0.05, 0) is 31.0 Å². The molecule has 2 unspecified atom stereocenters. The van der Waals surface area contributed by atoms with Crippen LogP contribution in [0.25, 0.3) is 0 Å². The van der Waals surface area contributed by atoms with Crippen LogP contribution in [0.2, 0.25) is 5.02 Å². The zero-order valence-corrected chi connectivity index (χ0v) is 12.8. The Morgan fingerprint density at radius 2 is 2.05 bits per heavy atom. The quantitative estimate of drug-likeness (QED) is 0.666. The molecule has 108 valence electrons. The topological polar surface area (TPSA) is 35.2 Å². The number of rotatable bonds is 9. The first-order valence-corrected chi connectivity index (χ1v) is 7.66. The molecule has 1 aromatic carbocycles. The van der Waals surface area contributed by atoms with E-state index in [2.05, 4.69) is 13.8 Å². The number of hydrogen-bond acceptors (Lipinski definition) is 2. The van der Waals surface area contributed by atoms with E-state index in [0.29, 0.717) is 6.54 Å². The lowest BCUT2D eigenvalue weighted by Crippen LogP contribution is -2.21. The third kappa shape index (κ3) is 6.42. The van der Waals surface area contributed by atoms with Crippen LogP contribution in [-0.4, -0.2) is 12.6 Å². The van der Waals surface area contributed by atoms with Crippen molar-refractivity contribution in [2.45, 2.75) is 58.2 Å². The summed E-state index contributed by atoms with van der Waals surface area (Å²) in [5.41, 5.74) is 6.88. The molecule has 0 aromatic heterocycles. The molecule has 0 fully saturated rings. The number of benzene rings is 1. The average molecular weight is 284 g/mol. The molecular formula is C16H26ClNO. The maximum atomic E-state index is 6.04. The Labute approximate surface area is 122 Å². The van der Waals surface area contributed by atoms with Gasteiger partial charge in [0.25, 0.3) is 0 Å². The van der Waals surface area contributed by atoms with E-state index >= 15 is 0 Å². The molecule has 0 radical (unpaired) electrons. The van der Waals surface area contributed by atoms with Gasteiger partial charge in [0.1, 0.15) is 0 Å². The molecule has 0 heterocycles. The summed E-state index contributed by atoms with van der Waals surface area (Å²) in [7, 11) is 0. The lowest BCUT2D eigenvalue weighted by atomic mass is 10.1. The van der Waals surface area contributed by atoms with Gasteiger partial charge in [0.05, 0.1) is 12.2 Å².